The summed E-state index contributed by atoms with van der Waals surface area (Å²) in [4.78, 5) is 0.587. The topological polar surface area (TPSA) is 49.3 Å². The molecule has 0 heterocycles. The van der Waals surface area contributed by atoms with Gasteiger partial charge in [0.15, 0.2) is 0 Å². The maximum absolute atomic E-state index is 11.9. The molecule has 0 aromatic heterocycles. The van der Waals surface area contributed by atoms with Gasteiger partial charge in [-0.2, -0.15) is 0 Å². The molecule has 0 aliphatic heterocycles. The molecule has 1 aromatic rings. The lowest BCUT2D eigenvalue weighted by Crippen LogP contribution is -2.31. The van der Waals surface area contributed by atoms with Crippen molar-refractivity contribution in [2.24, 2.45) is 0 Å². The van der Waals surface area contributed by atoms with Crippen LogP contribution >= 0.6 is 11.6 Å². The largest absolute Gasteiger partial charge is 0.391 e. The summed E-state index contributed by atoms with van der Waals surface area (Å²) >= 11 is 5.94. The maximum Gasteiger partial charge on any atom is 0.0783 e. The Labute approximate surface area is 110 Å². The van der Waals surface area contributed by atoms with E-state index in [9.17, 15) is 9.32 Å². The molecule has 0 bridgehead atoms. The molecule has 2 N–H and O–H groups in total. The van der Waals surface area contributed by atoms with Crippen LogP contribution in [0.4, 0.5) is 0 Å². The summed E-state index contributed by atoms with van der Waals surface area (Å²) in [6.45, 7) is 3.38. The average molecular weight is 276 g/mol. The van der Waals surface area contributed by atoms with Gasteiger partial charge in [-0.25, -0.2) is 0 Å². The summed E-state index contributed by atoms with van der Waals surface area (Å²) in [5.41, 5.74) is 0. The molecule has 1 rings (SSSR count). The highest BCUT2D eigenvalue weighted by atomic mass is 35.5. The second-order valence-corrected chi connectivity index (χ2v) is 5.67. The molecule has 96 valence electrons. The van der Waals surface area contributed by atoms with Crippen molar-refractivity contribution in [2.45, 2.75) is 24.3 Å². The van der Waals surface area contributed by atoms with Crippen molar-refractivity contribution in [1.29, 1.82) is 0 Å². The number of halogens is 1. The zero-order valence-electron chi connectivity index (χ0n) is 9.86. The lowest BCUT2D eigenvalue weighted by atomic mass is 10.4. The van der Waals surface area contributed by atoms with Crippen LogP contribution in [-0.4, -0.2) is 34.3 Å². The number of rotatable bonds is 7. The third kappa shape index (κ3) is 5.17. The maximum atomic E-state index is 11.9. The second-order valence-electron chi connectivity index (χ2n) is 3.80. The first-order valence-corrected chi connectivity index (χ1v) is 7.36. The summed E-state index contributed by atoms with van der Waals surface area (Å²) in [5.74, 6) is 0.209. The fraction of sp³-hybridized carbons (Fsp3) is 0.500. The summed E-state index contributed by atoms with van der Waals surface area (Å²) in [5, 5.41) is 13.3. The molecular formula is C12H18ClNO2S. The lowest BCUT2D eigenvalue weighted by Gasteiger charge is -2.11. The first-order chi connectivity index (χ1) is 8.15. The molecule has 0 aliphatic rings. The van der Waals surface area contributed by atoms with E-state index < -0.39 is 16.9 Å². The van der Waals surface area contributed by atoms with Gasteiger partial charge in [0.2, 0.25) is 0 Å². The van der Waals surface area contributed by atoms with Gasteiger partial charge in [0, 0.05) is 6.54 Å². The van der Waals surface area contributed by atoms with E-state index in [0.29, 0.717) is 16.5 Å². The first-order valence-electron chi connectivity index (χ1n) is 5.66. The Morgan fingerprint density at radius 2 is 2.18 bits per heavy atom. The molecule has 0 saturated heterocycles. The van der Waals surface area contributed by atoms with Crippen LogP contribution in [-0.2, 0) is 10.8 Å². The number of aliphatic hydroxyl groups is 1. The normalized spacial score (nSPS) is 14.5. The van der Waals surface area contributed by atoms with E-state index in [1.807, 2.05) is 0 Å². The van der Waals surface area contributed by atoms with Crippen molar-refractivity contribution >= 4 is 22.4 Å². The minimum absolute atomic E-state index is 0.209. The number of hydrogen-bond donors (Lipinski definition) is 2. The fourth-order valence-electron chi connectivity index (χ4n) is 1.40. The van der Waals surface area contributed by atoms with Gasteiger partial charge in [-0.3, -0.25) is 4.21 Å². The molecule has 0 aliphatic carbocycles. The standard InChI is InChI=1S/C12H18ClNO2S/c1-2-7-14-8-10(15)9-17(16)12-6-4-3-5-11(12)13/h3-6,10,14-15H,2,7-9H2,1H3. The summed E-state index contributed by atoms with van der Waals surface area (Å²) in [6.07, 6.45) is 0.402. The van der Waals surface area contributed by atoms with Crippen LogP contribution in [0.1, 0.15) is 13.3 Å². The van der Waals surface area contributed by atoms with Crippen LogP contribution in [0.25, 0.3) is 0 Å². The Morgan fingerprint density at radius 1 is 1.47 bits per heavy atom. The molecule has 0 saturated carbocycles. The minimum Gasteiger partial charge on any atom is -0.391 e. The van der Waals surface area contributed by atoms with E-state index in [-0.39, 0.29) is 5.75 Å². The Kier molecular flexibility index (Phi) is 6.73. The first kappa shape index (κ1) is 14.6. The molecule has 17 heavy (non-hydrogen) atoms. The van der Waals surface area contributed by atoms with Crippen molar-refractivity contribution in [3.05, 3.63) is 29.3 Å². The molecular weight excluding hydrogens is 258 g/mol. The Morgan fingerprint density at radius 3 is 2.82 bits per heavy atom. The van der Waals surface area contributed by atoms with Crippen molar-refractivity contribution in [2.75, 3.05) is 18.8 Å². The van der Waals surface area contributed by atoms with Gasteiger partial charge in [0.25, 0.3) is 0 Å². The molecule has 3 nitrogen and oxygen atoms in total. The van der Waals surface area contributed by atoms with Gasteiger partial charge in [0.1, 0.15) is 0 Å². The molecule has 0 amide bonds. The lowest BCUT2D eigenvalue weighted by molar-refractivity contribution is 0.195. The Bertz CT molecular complexity index is 373. The smallest absolute Gasteiger partial charge is 0.0783 e. The molecule has 2 unspecified atom stereocenters. The average Bonchev–Trinajstić information content (AvgIpc) is 2.29. The summed E-state index contributed by atoms with van der Waals surface area (Å²) in [6, 6.07) is 7.02. The summed E-state index contributed by atoms with van der Waals surface area (Å²) in [7, 11) is -1.25. The van der Waals surface area contributed by atoms with E-state index in [1.165, 1.54) is 0 Å². The van der Waals surface area contributed by atoms with Crippen LogP contribution in [0, 0.1) is 0 Å². The quantitative estimate of drug-likeness (QED) is 0.746. The van der Waals surface area contributed by atoms with Crippen molar-refractivity contribution < 1.29 is 9.32 Å². The van der Waals surface area contributed by atoms with Crippen LogP contribution in [0.15, 0.2) is 29.2 Å². The monoisotopic (exact) mass is 275 g/mol. The third-order valence-electron chi connectivity index (χ3n) is 2.23. The predicted octanol–water partition coefficient (Wildman–Crippen LogP) is 1.81. The highest BCUT2D eigenvalue weighted by Gasteiger charge is 2.13. The summed E-state index contributed by atoms with van der Waals surface area (Å²) < 4.78 is 11.9. The van der Waals surface area contributed by atoms with Gasteiger partial charge in [0.05, 0.1) is 32.6 Å². The number of nitrogens with one attached hydrogen (secondary N) is 1. The van der Waals surface area contributed by atoms with Crippen LogP contribution in [0.3, 0.4) is 0 Å². The fourth-order valence-corrected chi connectivity index (χ4v) is 2.95. The van der Waals surface area contributed by atoms with Gasteiger partial charge in [-0.1, -0.05) is 30.7 Å². The molecule has 2 atom stereocenters. The van der Waals surface area contributed by atoms with Crippen LogP contribution in [0.2, 0.25) is 5.02 Å². The van der Waals surface area contributed by atoms with Crippen molar-refractivity contribution in [1.82, 2.24) is 5.32 Å². The molecule has 0 fully saturated rings. The van der Waals surface area contributed by atoms with E-state index in [0.717, 1.165) is 13.0 Å². The highest BCUT2D eigenvalue weighted by Crippen LogP contribution is 2.19. The van der Waals surface area contributed by atoms with E-state index in [1.54, 1.807) is 24.3 Å². The van der Waals surface area contributed by atoms with Gasteiger partial charge < -0.3 is 10.4 Å². The van der Waals surface area contributed by atoms with Crippen LogP contribution in [0.5, 0.6) is 0 Å². The van der Waals surface area contributed by atoms with Crippen molar-refractivity contribution in [3.8, 4) is 0 Å². The van der Waals surface area contributed by atoms with Crippen molar-refractivity contribution in [3.63, 3.8) is 0 Å². The van der Waals surface area contributed by atoms with E-state index >= 15 is 0 Å². The van der Waals surface area contributed by atoms with Gasteiger partial charge >= 0.3 is 0 Å². The zero-order chi connectivity index (χ0) is 12.7. The number of benzene rings is 1. The molecule has 0 spiro atoms. The highest BCUT2D eigenvalue weighted by molar-refractivity contribution is 7.85. The predicted molar refractivity (Wildman–Crippen MR) is 71.9 cm³/mol. The van der Waals surface area contributed by atoms with E-state index in [2.05, 4.69) is 12.2 Å². The molecule has 5 heteroatoms. The SMILES string of the molecule is CCCNCC(O)CS(=O)c1ccccc1Cl. The minimum atomic E-state index is -1.25. The van der Waals surface area contributed by atoms with Gasteiger partial charge in [-0.05, 0) is 25.1 Å². The second kappa shape index (κ2) is 7.82. The third-order valence-corrected chi connectivity index (χ3v) is 4.21. The molecule has 1 aromatic carbocycles. The van der Waals surface area contributed by atoms with E-state index in [4.69, 9.17) is 11.6 Å². The van der Waals surface area contributed by atoms with Crippen LogP contribution < -0.4 is 5.32 Å². The Balaban J connectivity index is 2.46. The zero-order valence-corrected chi connectivity index (χ0v) is 11.4. The number of hydrogen-bond acceptors (Lipinski definition) is 3. The molecule has 0 radical (unpaired) electrons. The Hall–Kier alpha value is -0.420. The van der Waals surface area contributed by atoms with Gasteiger partial charge in [-0.15, -0.1) is 0 Å². The number of aliphatic hydroxyl groups excluding tert-OH is 1.